The standard InChI is InChI=1S/C11H22O3/c1-10(12)5-2-3-7-13-9-11-6-4-8-14-11/h10-12H,2-9H2,1H3. The molecule has 0 aromatic rings. The molecule has 0 bridgehead atoms. The molecule has 3 heteroatoms. The van der Waals surface area contributed by atoms with E-state index in [1.807, 2.05) is 6.92 Å². The second-order valence-electron chi connectivity index (χ2n) is 4.05. The van der Waals surface area contributed by atoms with Gasteiger partial charge in [-0.2, -0.15) is 0 Å². The van der Waals surface area contributed by atoms with Crippen molar-refractivity contribution in [2.24, 2.45) is 0 Å². The molecule has 0 spiro atoms. The van der Waals surface area contributed by atoms with Crippen molar-refractivity contribution in [2.45, 2.75) is 51.2 Å². The molecule has 0 aromatic heterocycles. The van der Waals surface area contributed by atoms with Crippen LogP contribution < -0.4 is 0 Å². The maximum Gasteiger partial charge on any atom is 0.0809 e. The Labute approximate surface area is 86.4 Å². The number of hydrogen-bond acceptors (Lipinski definition) is 3. The first-order valence-corrected chi connectivity index (χ1v) is 5.66. The molecular formula is C11H22O3. The topological polar surface area (TPSA) is 38.7 Å². The zero-order valence-corrected chi connectivity index (χ0v) is 9.08. The minimum absolute atomic E-state index is 0.173. The molecule has 1 heterocycles. The van der Waals surface area contributed by atoms with E-state index in [4.69, 9.17) is 14.6 Å². The van der Waals surface area contributed by atoms with Crippen molar-refractivity contribution in [3.8, 4) is 0 Å². The average molecular weight is 202 g/mol. The molecule has 2 unspecified atom stereocenters. The Morgan fingerprint density at radius 2 is 2.36 bits per heavy atom. The molecule has 14 heavy (non-hydrogen) atoms. The first-order valence-electron chi connectivity index (χ1n) is 5.66. The normalized spacial score (nSPS) is 24.0. The second-order valence-corrected chi connectivity index (χ2v) is 4.05. The van der Waals surface area contributed by atoms with E-state index in [2.05, 4.69) is 0 Å². The quantitative estimate of drug-likeness (QED) is 0.639. The van der Waals surface area contributed by atoms with Gasteiger partial charge in [-0.1, -0.05) is 0 Å². The van der Waals surface area contributed by atoms with Crippen molar-refractivity contribution in [3.05, 3.63) is 0 Å². The summed E-state index contributed by atoms with van der Waals surface area (Å²) in [5.41, 5.74) is 0. The van der Waals surface area contributed by atoms with Crippen LogP contribution in [-0.4, -0.2) is 37.1 Å². The van der Waals surface area contributed by atoms with Gasteiger partial charge in [-0.3, -0.25) is 0 Å². The summed E-state index contributed by atoms with van der Waals surface area (Å²) < 4.78 is 10.9. The Hall–Kier alpha value is -0.120. The maximum atomic E-state index is 9.02. The molecule has 1 N–H and O–H groups in total. The lowest BCUT2D eigenvalue weighted by molar-refractivity contribution is 0.0155. The zero-order valence-electron chi connectivity index (χ0n) is 9.08. The predicted molar refractivity (Wildman–Crippen MR) is 55.3 cm³/mol. The molecule has 1 aliphatic rings. The van der Waals surface area contributed by atoms with Crippen molar-refractivity contribution in [1.82, 2.24) is 0 Å². The van der Waals surface area contributed by atoms with Crippen molar-refractivity contribution < 1.29 is 14.6 Å². The van der Waals surface area contributed by atoms with E-state index < -0.39 is 0 Å². The predicted octanol–water partition coefficient (Wildman–Crippen LogP) is 1.73. The molecular weight excluding hydrogens is 180 g/mol. The Bertz CT molecular complexity index is 130. The molecule has 0 saturated carbocycles. The van der Waals surface area contributed by atoms with Crippen LogP contribution >= 0.6 is 0 Å². The lowest BCUT2D eigenvalue weighted by atomic mass is 10.2. The van der Waals surface area contributed by atoms with Crippen LogP contribution in [0.4, 0.5) is 0 Å². The fourth-order valence-electron chi connectivity index (χ4n) is 1.63. The van der Waals surface area contributed by atoms with Crippen LogP contribution in [0.1, 0.15) is 39.0 Å². The van der Waals surface area contributed by atoms with Gasteiger partial charge in [-0.05, 0) is 39.0 Å². The van der Waals surface area contributed by atoms with Gasteiger partial charge >= 0.3 is 0 Å². The van der Waals surface area contributed by atoms with E-state index >= 15 is 0 Å². The Kier molecular flexibility index (Phi) is 6.15. The van der Waals surface area contributed by atoms with Gasteiger partial charge in [-0.25, -0.2) is 0 Å². The van der Waals surface area contributed by atoms with Gasteiger partial charge in [0.25, 0.3) is 0 Å². The fourth-order valence-corrected chi connectivity index (χ4v) is 1.63. The number of aliphatic hydroxyl groups is 1. The fraction of sp³-hybridized carbons (Fsp3) is 1.00. The number of ether oxygens (including phenoxy) is 2. The summed E-state index contributed by atoms with van der Waals surface area (Å²) in [6, 6.07) is 0. The van der Waals surface area contributed by atoms with E-state index in [9.17, 15) is 0 Å². The van der Waals surface area contributed by atoms with Crippen LogP contribution in [0.2, 0.25) is 0 Å². The van der Waals surface area contributed by atoms with Gasteiger partial charge in [0.15, 0.2) is 0 Å². The van der Waals surface area contributed by atoms with Crippen molar-refractivity contribution in [2.75, 3.05) is 19.8 Å². The molecule has 2 atom stereocenters. The summed E-state index contributed by atoms with van der Waals surface area (Å²) in [5.74, 6) is 0. The van der Waals surface area contributed by atoms with E-state index in [0.717, 1.165) is 45.5 Å². The maximum absolute atomic E-state index is 9.02. The van der Waals surface area contributed by atoms with Crippen molar-refractivity contribution in [1.29, 1.82) is 0 Å². The van der Waals surface area contributed by atoms with Gasteiger partial charge < -0.3 is 14.6 Å². The molecule has 0 aromatic carbocycles. The minimum atomic E-state index is -0.173. The third-order valence-corrected chi connectivity index (χ3v) is 2.49. The summed E-state index contributed by atoms with van der Waals surface area (Å²) in [4.78, 5) is 0. The number of aliphatic hydroxyl groups excluding tert-OH is 1. The molecule has 84 valence electrons. The highest BCUT2D eigenvalue weighted by Gasteiger charge is 2.14. The van der Waals surface area contributed by atoms with Crippen LogP contribution in [0.5, 0.6) is 0 Å². The SMILES string of the molecule is CC(O)CCCCOCC1CCCO1. The van der Waals surface area contributed by atoms with Crippen LogP contribution in [0.3, 0.4) is 0 Å². The van der Waals surface area contributed by atoms with Crippen LogP contribution in [0, 0.1) is 0 Å². The van der Waals surface area contributed by atoms with Crippen LogP contribution in [-0.2, 0) is 9.47 Å². The van der Waals surface area contributed by atoms with E-state index in [1.54, 1.807) is 0 Å². The molecule has 3 nitrogen and oxygen atoms in total. The smallest absolute Gasteiger partial charge is 0.0809 e. The lowest BCUT2D eigenvalue weighted by Crippen LogP contribution is -2.14. The molecule has 0 radical (unpaired) electrons. The van der Waals surface area contributed by atoms with E-state index in [0.29, 0.717) is 6.10 Å². The highest BCUT2D eigenvalue weighted by Crippen LogP contribution is 2.12. The van der Waals surface area contributed by atoms with Crippen LogP contribution in [0.25, 0.3) is 0 Å². The third kappa shape index (κ3) is 5.58. The largest absolute Gasteiger partial charge is 0.393 e. The molecule has 1 saturated heterocycles. The summed E-state index contributed by atoms with van der Waals surface area (Å²) >= 11 is 0. The number of rotatable bonds is 7. The summed E-state index contributed by atoms with van der Waals surface area (Å²) in [7, 11) is 0. The Morgan fingerprint density at radius 1 is 1.50 bits per heavy atom. The molecule has 1 aliphatic heterocycles. The summed E-state index contributed by atoms with van der Waals surface area (Å²) in [5, 5.41) is 9.02. The average Bonchev–Trinajstić information content (AvgIpc) is 2.63. The van der Waals surface area contributed by atoms with Crippen LogP contribution in [0.15, 0.2) is 0 Å². The number of hydrogen-bond donors (Lipinski definition) is 1. The Balaban J connectivity index is 1.79. The lowest BCUT2D eigenvalue weighted by Gasteiger charge is -2.10. The van der Waals surface area contributed by atoms with Gasteiger partial charge in [-0.15, -0.1) is 0 Å². The minimum Gasteiger partial charge on any atom is -0.393 e. The van der Waals surface area contributed by atoms with Crippen molar-refractivity contribution >= 4 is 0 Å². The van der Waals surface area contributed by atoms with Gasteiger partial charge in [0, 0.05) is 13.2 Å². The summed E-state index contributed by atoms with van der Waals surface area (Å²) in [6.07, 6.45) is 5.45. The van der Waals surface area contributed by atoms with Gasteiger partial charge in [0.05, 0.1) is 18.8 Å². The van der Waals surface area contributed by atoms with Gasteiger partial charge in [0.2, 0.25) is 0 Å². The highest BCUT2D eigenvalue weighted by atomic mass is 16.5. The second kappa shape index (κ2) is 7.21. The molecule has 0 aliphatic carbocycles. The molecule has 0 amide bonds. The number of unbranched alkanes of at least 4 members (excludes halogenated alkanes) is 1. The third-order valence-electron chi connectivity index (χ3n) is 2.49. The highest BCUT2D eigenvalue weighted by molar-refractivity contribution is 4.63. The first-order chi connectivity index (χ1) is 6.79. The van der Waals surface area contributed by atoms with Gasteiger partial charge in [0.1, 0.15) is 0 Å². The monoisotopic (exact) mass is 202 g/mol. The summed E-state index contributed by atoms with van der Waals surface area (Å²) in [6.45, 7) is 4.27. The van der Waals surface area contributed by atoms with E-state index in [1.165, 1.54) is 6.42 Å². The molecule has 1 fully saturated rings. The Morgan fingerprint density at radius 3 is 3.00 bits per heavy atom. The first kappa shape index (κ1) is 12.0. The molecule has 1 rings (SSSR count). The van der Waals surface area contributed by atoms with Crippen molar-refractivity contribution in [3.63, 3.8) is 0 Å². The zero-order chi connectivity index (χ0) is 10.2. The van der Waals surface area contributed by atoms with E-state index in [-0.39, 0.29) is 6.10 Å².